The van der Waals surface area contributed by atoms with Crippen LogP contribution in [0, 0.1) is 5.41 Å². The van der Waals surface area contributed by atoms with Gasteiger partial charge < -0.3 is 0 Å². The molecule has 0 nitrogen and oxygen atoms in total. The lowest BCUT2D eigenvalue weighted by molar-refractivity contribution is 0.386. The maximum atomic E-state index is 5.98. The molecule has 1 aromatic carbocycles. The van der Waals surface area contributed by atoms with Crippen molar-refractivity contribution in [1.29, 1.82) is 0 Å². The summed E-state index contributed by atoms with van der Waals surface area (Å²) in [5.41, 5.74) is 1.53. The molecule has 0 aliphatic heterocycles. The highest BCUT2D eigenvalue weighted by atomic mass is 79.9. The van der Waals surface area contributed by atoms with Crippen molar-refractivity contribution >= 4 is 39.1 Å². The summed E-state index contributed by atoms with van der Waals surface area (Å²) < 4.78 is 0. The van der Waals surface area contributed by atoms with E-state index in [4.69, 9.17) is 23.2 Å². The summed E-state index contributed by atoms with van der Waals surface area (Å²) in [7, 11) is 0. The van der Waals surface area contributed by atoms with Gasteiger partial charge in [0, 0.05) is 4.83 Å². The van der Waals surface area contributed by atoms with Crippen LogP contribution in [0.25, 0.3) is 0 Å². The summed E-state index contributed by atoms with van der Waals surface area (Å²) in [6.07, 6.45) is 2.12. The van der Waals surface area contributed by atoms with Crippen LogP contribution in [-0.4, -0.2) is 4.83 Å². The average molecular weight is 324 g/mol. The van der Waals surface area contributed by atoms with Gasteiger partial charge in [-0.25, -0.2) is 0 Å². The summed E-state index contributed by atoms with van der Waals surface area (Å²) in [5.74, 6) is 0. The third-order valence-electron chi connectivity index (χ3n) is 2.61. The molecule has 0 heterocycles. The second-order valence-corrected chi connectivity index (χ2v) is 7.04. The van der Waals surface area contributed by atoms with Crippen molar-refractivity contribution in [3.63, 3.8) is 0 Å². The Kier molecular flexibility index (Phi) is 5.15. The Hall–Kier alpha value is 0.280. The number of hydrogen-bond donors (Lipinski definition) is 0. The van der Waals surface area contributed by atoms with Gasteiger partial charge in [0.25, 0.3) is 0 Å². The Morgan fingerprint density at radius 1 is 1.19 bits per heavy atom. The summed E-state index contributed by atoms with van der Waals surface area (Å²) in [5, 5.41) is 1.26. The van der Waals surface area contributed by atoms with Crippen molar-refractivity contribution in [3.8, 4) is 0 Å². The SMILES string of the molecule is CC(C)(C)C(Br)CCc1ccc(Cl)c(Cl)c1. The highest BCUT2D eigenvalue weighted by molar-refractivity contribution is 9.09. The predicted molar refractivity (Wildman–Crippen MR) is 77.0 cm³/mol. The zero-order valence-electron chi connectivity index (χ0n) is 9.86. The highest BCUT2D eigenvalue weighted by Crippen LogP contribution is 2.30. The molecule has 0 aromatic heterocycles. The molecule has 1 unspecified atom stereocenters. The van der Waals surface area contributed by atoms with Gasteiger partial charge in [-0.2, -0.15) is 0 Å². The van der Waals surface area contributed by atoms with E-state index in [9.17, 15) is 0 Å². The predicted octanol–water partition coefficient (Wildman–Crippen LogP) is 5.74. The number of benzene rings is 1. The van der Waals surface area contributed by atoms with Gasteiger partial charge in [-0.3, -0.25) is 0 Å². The second kappa shape index (κ2) is 5.75. The van der Waals surface area contributed by atoms with E-state index in [0.29, 0.717) is 14.9 Å². The first kappa shape index (κ1) is 14.3. The van der Waals surface area contributed by atoms with Crippen LogP contribution in [0.1, 0.15) is 32.8 Å². The molecule has 0 saturated heterocycles. The first-order valence-electron chi connectivity index (χ1n) is 5.38. The molecule has 0 bridgehead atoms. The Balaban J connectivity index is 2.58. The molecule has 16 heavy (non-hydrogen) atoms. The van der Waals surface area contributed by atoms with E-state index in [1.54, 1.807) is 0 Å². The fourth-order valence-corrected chi connectivity index (χ4v) is 1.97. The van der Waals surface area contributed by atoms with Crippen LogP contribution in [0.15, 0.2) is 18.2 Å². The van der Waals surface area contributed by atoms with Crippen molar-refractivity contribution in [1.82, 2.24) is 0 Å². The zero-order valence-corrected chi connectivity index (χ0v) is 13.0. The topological polar surface area (TPSA) is 0 Å². The fraction of sp³-hybridized carbons (Fsp3) is 0.538. The van der Waals surface area contributed by atoms with Crippen LogP contribution < -0.4 is 0 Å². The van der Waals surface area contributed by atoms with E-state index in [0.717, 1.165) is 12.8 Å². The van der Waals surface area contributed by atoms with E-state index in [-0.39, 0.29) is 5.41 Å². The number of hydrogen-bond acceptors (Lipinski definition) is 0. The monoisotopic (exact) mass is 322 g/mol. The zero-order chi connectivity index (χ0) is 12.3. The number of aryl methyl sites for hydroxylation is 1. The van der Waals surface area contributed by atoms with Crippen LogP contribution in [0.2, 0.25) is 10.0 Å². The third kappa shape index (κ3) is 4.27. The molecular weight excluding hydrogens is 307 g/mol. The van der Waals surface area contributed by atoms with Crippen molar-refractivity contribution in [2.45, 2.75) is 38.4 Å². The Bertz CT molecular complexity index is 355. The third-order valence-corrected chi connectivity index (χ3v) is 5.18. The van der Waals surface area contributed by atoms with E-state index < -0.39 is 0 Å². The van der Waals surface area contributed by atoms with Gasteiger partial charge >= 0.3 is 0 Å². The highest BCUT2D eigenvalue weighted by Gasteiger charge is 2.21. The average Bonchev–Trinajstić information content (AvgIpc) is 2.18. The minimum absolute atomic E-state index is 0.288. The van der Waals surface area contributed by atoms with Gasteiger partial charge in [-0.1, -0.05) is 66.0 Å². The number of halogens is 3. The lowest BCUT2D eigenvalue weighted by Gasteiger charge is -2.25. The minimum Gasteiger partial charge on any atom is -0.0885 e. The Morgan fingerprint density at radius 2 is 1.81 bits per heavy atom. The van der Waals surface area contributed by atoms with Crippen molar-refractivity contribution in [3.05, 3.63) is 33.8 Å². The minimum atomic E-state index is 0.288. The first-order valence-corrected chi connectivity index (χ1v) is 7.06. The molecule has 0 saturated carbocycles. The summed E-state index contributed by atoms with van der Waals surface area (Å²) >= 11 is 15.6. The molecule has 90 valence electrons. The van der Waals surface area contributed by atoms with Crippen LogP contribution in [0.3, 0.4) is 0 Å². The van der Waals surface area contributed by atoms with Crippen LogP contribution >= 0.6 is 39.1 Å². The maximum Gasteiger partial charge on any atom is 0.0595 e. The molecule has 0 spiro atoms. The number of alkyl halides is 1. The molecule has 1 rings (SSSR count). The van der Waals surface area contributed by atoms with E-state index in [1.165, 1.54) is 5.56 Å². The van der Waals surface area contributed by atoms with Crippen molar-refractivity contribution in [2.75, 3.05) is 0 Å². The molecule has 1 atom stereocenters. The molecule has 0 radical (unpaired) electrons. The molecule has 0 aliphatic rings. The van der Waals surface area contributed by atoms with Gasteiger partial charge in [0.05, 0.1) is 10.0 Å². The fourth-order valence-electron chi connectivity index (χ4n) is 1.42. The van der Waals surface area contributed by atoms with Crippen LogP contribution in [0.5, 0.6) is 0 Å². The van der Waals surface area contributed by atoms with Crippen LogP contribution in [-0.2, 0) is 6.42 Å². The van der Waals surface area contributed by atoms with Gasteiger partial charge in [0.2, 0.25) is 0 Å². The first-order chi connectivity index (χ1) is 7.30. The molecule has 0 N–H and O–H groups in total. The maximum absolute atomic E-state index is 5.98. The quantitative estimate of drug-likeness (QED) is 0.622. The Labute approximate surface area is 116 Å². The van der Waals surface area contributed by atoms with Crippen molar-refractivity contribution < 1.29 is 0 Å². The normalized spacial score (nSPS) is 13.9. The molecule has 3 heteroatoms. The van der Waals surface area contributed by atoms with Gasteiger partial charge in [-0.15, -0.1) is 0 Å². The molecule has 1 aromatic rings. The summed E-state index contributed by atoms with van der Waals surface area (Å²) in [4.78, 5) is 0.509. The van der Waals surface area contributed by atoms with Crippen molar-refractivity contribution in [2.24, 2.45) is 5.41 Å². The molecular formula is C13H17BrCl2. The molecule has 0 aliphatic carbocycles. The van der Waals surface area contributed by atoms with E-state index in [2.05, 4.69) is 36.7 Å². The lowest BCUT2D eigenvalue weighted by atomic mass is 9.89. The van der Waals surface area contributed by atoms with Crippen LogP contribution in [0.4, 0.5) is 0 Å². The lowest BCUT2D eigenvalue weighted by Crippen LogP contribution is -2.20. The smallest absolute Gasteiger partial charge is 0.0595 e. The van der Waals surface area contributed by atoms with Gasteiger partial charge in [0.15, 0.2) is 0 Å². The standard InChI is InChI=1S/C13H17BrCl2/c1-13(2,3)12(14)7-5-9-4-6-10(15)11(16)8-9/h4,6,8,12H,5,7H2,1-3H3. The second-order valence-electron chi connectivity index (χ2n) is 5.12. The Morgan fingerprint density at radius 3 is 2.31 bits per heavy atom. The van der Waals surface area contributed by atoms with Gasteiger partial charge in [0.1, 0.15) is 0 Å². The van der Waals surface area contributed by atoms with Gasteiger partial charge in [-0.05, 0) is 36.0 Å². The van der Waals surface area contributed by atoms with E-state index >= 15 is 0 Å². The molecule has 0 amide bonds. The summed E-state index contributed by atoms with van der Waals surface area (Å²) in [6, 6.07) is 5.85. The summed E-state index contributed by atoms with van der Waals surface area (Å²) in [6.45, 7) is 6.71. The molecule has 0 fully saturated rings. The van der Waals surface area contributed by atoms with E-state index in [1.807, 2.05) is 18.2 Å². The largest absolute Gasteiger partial charge is 0.0885 e. The number of rotatable bonds is 3.